The quantitative estimate of drug-likeness (QED) is 0.159. The Kier molecular flexibility index (Phi) is 8.79. The first-order chi connectivity index (χ1) is 34.2. The number of para-hydroxylation sites is 2. The summed E-state index contributed by atoms with van der Waals surface area (Å²) in [4.78, 5) is 15.0. The van der Waals surface area contributed by atoms with Crippen LogP contribution in [0.5, 0.6) is 0 Å². The summed E-state index contributed by atoms with van der Waals surface area (Å²) in [5.74, 6) is 1.85. The van der Waals surface area contributed by atoms with Crippen molar-refractivity contribution in [2.45, 2.75) is 0 Å². The Labute approximate surface area is 396 Å². The third kappa shape index (κ3) is 6.38. The lowest BCUT2D eigenvalue weighted by Gasteiger charge is -2.12. The zero-order valence-corrected chi connectivity index (χ0v) is 37.0. The maximum atomic E-state index is 6.93. The molecule has 4 heterocycles. The van der Waals surface area contributed by atoms with Gasteiger partial charge in [-0.05, 0) is 88.5 Å². The fraction of sp³-hybridized carbons (Fsp3) is 0. The smallest absolute Gasteiger partial charge is 0.164 e. The van der Waals surface area contributed by atoms with Crippen molar-refractivity contribution in [3.05, 3.63) is 231 Å². The van der Waals surface area contributed by atoms with Crippen LogP contribution in [0.3, 0.4) is 0 Å². The van der Waals surface area contributed by atoms with Gasteiger partial charge in [0.05, 0.1) is 11.0 Å². The highest BCUT2D eigenvalue weighted by molar-refractivity contribution is 6.21. The molecular formula is C63H38N4O2. The average molecular weight is 883 g/mol. The topological polar surface area (TPSA) is 69.9 Å². The highest BCUT2D eigenvalue weighted by atomic mass is 16.3. The van der Waals surface area contributed by atoms with Crippen LogP contribution in [0.2, 0.25) is 0 Å². The van der Waals surface area contributed by atoms with Crippen LogP contribution >= 0.6 is 0 Å². The molecule has 0 aliphatic rings. The predicted octanol–water partition coefficient (Wildman–Crippen LogP) is 16.8. The Hall–Kier alpha value is -9.39. The van der Waals surface area contributed by atoms with Gasteiger partial charge in [-0.15, -0.1) is 0 Å². The van der Waals surface area contributed by atoms with Gasteiger partial charge in [-0.25, -0.2) is 15.0 Å². The molecule has 0 N–H and O–H groups in total. The average Bonchev–Trinajstić information content (AvgIpc) is 4.11. The molecule has 0 bridgehead atoms. The van der Waals surface area contributed by atoms with E-state index < -0.39 is 0 Å². The predicted molar refractivity (Wildman–Crippen MR) is 281 cm³/mol. The Morgan fingerprint density at radius 1 is 0.290 bits per heavy atom. The summed E-state index contributed by atoms with van der Waals surface area (Å²) in [5.41, 5.74) is 15.9. The number of fused-ring (bicyclic) bond motifs is 9. The highest BCUT2D eigenvalue weighted by Gasteiger charge is 2.22. The Bertz CT molecular complexity index is 4250. The van der Waals surface area contributed by atoms with Crippen molar-refractivity contribution in [2.24, 2.45) is 0 Å². The third-order valence-corrected chi connectivity index (χ3v) is 13.5. The fourth-order valence-electron chi connectivity index (χ4n) is 10.3. The second kappa shape index (κ2) is 15.6. The molecule has 10 aromatic carbocycles. The Morgan fingerprint density at radius 3 is 1.64 bits per heavy atom. The molecule has 0 saturated carbocycles. The Balaban J connectivity index is 0.932. The van der Waals surface area contributed by atoms with Gasteiger partial charge in [0.15, 0.2) is 17.5 Å². The molecule has 0 unspecified atom stereocenters. The summed E-state index contributed by atoms with van der Waals surface area (Å²) in [6, 6.07) is 80.3. The molecule has 14 rings (SSSR count). The van der Waals surface area contributed by atoms with E-state index in [0.717, 1.165) is 99.5 Å². The van der Waals surface area contributed by atoms with E-state index >= 15 is 0 Å². The summed E-state index contributed by atoms with van der Waals surface area (Å²) >= 11 is 0. The van der Waals surface area contributed by atoms with Gasteiger partial charge >= 0.3 is 0 Å². The summed E-state index contributed by atoms with van der Waals surface area (Å²) in [6.07, 6.45) is 0. The first-order valence-corrected chi connectivity index (χ1v) is 23.2. The van der Waals surface area contributed by atoms with Crippen LogP contribution in [-0.4, -0.2) is 19.5 Å². The van der Waals surface area contributed by atoms with E-state index in [4.69, 9.17) is 23.8 Å². The first kappa shape index (κ1) is 38.8. The highest BCUT2D eigenvalue weighted by Crippen LogP contribution is 2.46. The summed E-state index contributed by atoms with van der Waals surface area (Å²) in [5, 5.41) is 6.58. The number of nitrogens with zero attached hydrogens (tertiary/aromatic N) is 4. The van der Waals surface area contributed by atoms with Crippen LogP contribution in [0, 0.1) is 0 Å². The number of benzene rings is 10. The van der Waals surface area contributed by atoms with Gasteiger partial charge in [0, 0.05) is 60.3 Å². The van der Waals surface area contributed by atoms with E-state index in [9.17, 15) is 0 Å². The minimum Gasteiger partial charge on any atom is -0.456 e. The standard InChI is InChI=1S/C63H38N4O2/c1-4-16-39(17-5-1)42-30-34-54-51(37-42)47-24-10-12-27-53(47)67(54)45-31-35-56-52(38-45)58-48(26-15-29-57(58)68-56)49-33-32-46(59-50-25-11-13-28-55(50)69-60(49)59)43-22-14-23-44(36-43)63-65-61(40-18-6-2-7-19-40)64-62(66-63)41-20-8-3-9-21-41/h1-38H. The minimum absolute atomic E-state index is 0.602. The zero-order chi connectivity index (χ0) is 45.4. The molecule has 0 saturated heterocycles. The fourth-order valence-corrected chi connectivity index (χ4v) is 10.3. The van der Waals surface area contributed by atoms with Gasteiger partial charge < -0.3 is 13.4 Å². The van der Waals surface area contributed by atoms with Crippen LogP contribution in [0.15, 0.2) is 239 Å². The van der Waals surface area contributed by atoms with Gasteiger partial charge in [-0.1, -0.05) is 170 Å². The van der Waals surface area contributed by atoms with Gasteiger partial charge in [0.2, 0.25) is 0 Å². The molecule has 0 aliphatic carbocycles. The van der Waals surface area contributed by atoms with Crippen LogP contribution in [0.4, 0.5) is 0 Å². The number of hydrogen-bond acceptors (Lipinski definition) is 5. The maximum Gasteiger partial charge on any atom is 0.164 e. The molecule has 6 heteroatoms. The molecule has 0 amide bonds. The molecule has 322 valence electrons. The van der Waals surface area contributed by atoms with E-state index in [1.165, 1.54) is 21.9 Å². The molecule has 4 aromatic heterocycles. The molecule has 6 nitrogen and oxygen atoms in total. The molecule has 0 fully saturated rings. The molecular weight excluding hydrogens is 845 g/mol. The largest absolute Gasteiger partial charge is 0.456 e. The van der Waals surface area contributed by atoms with Crippen LogP contribution in [-0.2, 0) is 0 Å². The van der Waals surface area contributed by atoms with Gasteiger partial charge in [-0.2, -0.15) is 0 Å². The molecule has 0 aliphatic heterocycles. The first-order valence-electron chi connectivity index (χ1n) is 23.2. The van der Waals surface area contributed by atoms with E-state index in [2.05, 4.69) is 168 Å². The van der Waals surface area contributed by atoms with Crippen molar-refractivity contribution in [2.75, 3.05) is 0 Å². The third-order valence-electron chi connectivity index (χ3n) is 13.5. The number of aromatic nitrogens is 4. The van der Waals surface area contributed by atoms with Crippen molar-refractivity contribution >= 4 is 65.7 Å². The maximum absolute atomic E-state index is 6.93. The monoisotopic (exact) mass is 882 g/mol. The second-order valence-electron chi connectivity index (χ2n) is 17.5. The number of furan rings is 2. The van der Waals surface area contributed by atoms with Crippen LogP contribution < -0.4 is 0 Å². The molecule has 0 radical (unpaired) electrons. The van der Waals surface area contributed by atoms with Crippen LogP contribution in [0.1, 0.15) is 0 Å². The normalized spacial score (nSPS) is 11.8. The van der Waals surface area contributed by atoms with Crippen molar-refractivity contribution < 1.29 is 8.83 Å². The molecule has 14 aromatic rings. The number of hydrogen-bond donors (Lipinski definition) is 0. The van der Waals surface area contributed by atoms with Crippen molar-refractivity contribution in [1.29, 1.82) is 0 Å². The summed E-state index contributed by atoms with van der Waals surface area (Å²) in [6.45, 7) is 0. The molecule has 0 spiro atoms. The van der Waals surface area contributed by atoms with Gasteiger partial charge in [-0.3, -0.25) is 0 Å². The number of rotatable bonds is 7. The van der Waals surface area contributed by atoms with Gasteiger partial charge in [0.1, 0.15) is 22.3 Å². The molecule has 69 heavy (non-hydrogen) atoms. The lowest BCUT2D eigenvalue weighted by molar-refractivity contribution is 0.668. The van der Waals surface area contributed by atoms with E-state index in [1.54, 1.807) is 0 Å². The summed E-state index contributed by atoms with van der Waals surface area (Å²) < 4.78 is 16.0. The second-order valence-corrected chi connectivity index (χ2v) is 17.5. The van der Waals surface area contributed by atoms with E-state index in [1.807, 2.05) is 66.7 Å². The lowest BCUT2D eigenvalue weighted by atomic mass is 9.92. The molecule has 0 atom stereocenters. The lowest BCUT2D eigenvalue weighted by Crippen LogP contribution is -2.00. The van der Waals surface area contributed by atoms with Gasteiger partial charge in [0.25, 0.3) is 0 Å². The SMILES string of the molecule is c1ccc(-c2ccc3c(c2)c2ccccc2n3-c2ccc3oc4cccc(-c5ccc(-c6cccc(-c7nc(-c8ccccc8)nc(-c8ccccc8)n7)c6)c6c5oc5ccccc56)c4c3c2)cc1. The van der Waals surface area contributed by atoms with Crippen molar-refractivity contribution in [3.63, 3.8) is 0 Å². The van der Waals surface area contributed by atoms with Crippen molar-refractivity contribution in [3.8, 4) is 73.2 Å². The Morgan fingerprint density at radius 2 is 0.870 bits per heavy atom. The van der Waals surface area contributed by atoms with E-state index in [0.29, 0.717) is 17.5 Å². The van der Waals surface area contributed by atoms with Crippen molar-refractivity contribution in [1.82, 2.24) is 19.5 Å². The van der Waals surface area contributed by atoms with Crippen LogP contribution in [0.25, 0.3) is 139 Å². The summed E-state index contributed by atoms with van der Waals surface area (Å²) in [7, 11) is 0. The zero-order valence-electron chi connectivity index (χ0n) is 37.0. The minimum atomic E-state index is 0.602. The van der Waals surface area contributed by atoms with E-state index in [-0.39, 0.29) is 0 Å².